The van der Waals surface area contributed by atoms with Gasteiger partial charge in [0.25, 0.3) is 5.91 Å². The first-order valence-electron chi connectivity index (χ1n) is 5.56. The lowest BCUT2D eigenvalue weighted by molar-refractivity contribution is 0.0924. The van der Waals surface area contributed by atoms with Crippen molar-refractivity contribution in [2.75, 3.05) is 13.1 Å². The van der Waals surface area contributed by atoms with Crippen LogP contribution in [0.4, 0.5) is 0 Å². The molecule has 7 heteroatoms. The smallest absolute Gasteiger partial charge is 0.271 e. The summed E-state index contributed by atoms with van der Waals surface area (Å²) >= 11 is 0. The van der Waals surface area contributed by atoms with E-state index in [9.17, 15) is 4.79 Å². The Labute approximate surface area is 119 Å². The highest BCUT2D eigenvalue weighted by molar-refractivity contribution is 5.92. The summed E-state index contributed by atoms with van der Waals surface area (Å²) < 4.78 is 0. The van der Waals surface area contributed by atoms with Crippen molar-refractivity contribution < 1.29 is 4.79 Å². The molecule has 1 aliphatic rings. The van der Waals surface area contributed by atoms with Crippen LogP contribution in [0.5, 0.6) is 0 Å². The molecule has 102 valence electrons. The molecule has 0 saturated carbocycles. The van der Waals surface area contributed by atoms with E-state index >= 15 is 0 Å². The first-order chi connectivity index (χ1) is 7.75. The van der Waals surface area contributed by atoms with Crippen LogP contribution in [-0.2, 0) is 0 Å². The van der Waals surface area contributed by atoms with Gasteiger partial charge in [0, 0.05) is 12.2 Å². The minimum Gasteiger partial charge on any atom is -0.348 e. The standard InChI is InChI=1S/C11H16N4O.2ClH/c1-8-6-14-10(7-13-8)11(16)15-9-2-4-12-5-3-9;;/h6-7,9,12H,2-5H2,1H3,(H,15,16);2*1H. The zero-order chi connectivity index (χ0) is 11.4. The first kappa shape index (κ1) is 17.1. The van der Waals surface area contributed by atoms with Crippen molar-refractivity contribution in [2.45, 2.75) is 25.8 Å². The lowest BCUT2D eigenvalue weighted by Gasteiger charge is -2.23. The fourth-order valence-electron chi connectivity index (χ4n) is 1.74. The molecule has 2 N–H and O–H groups in total. The minimum absolute atomic E-state index is 0. The molecule has 1 fully saturated rings. The largest absolute Gasteiger partial charge is 0.348 e. The third kappa shape index (κ3) is 4.76. The Morgan fingerprint density at radius 3 is 2.50 bits per heavy atom. The summed E-state index contributed by atoms with van der Waals surface area (Å²) in [6.07, 6.45) is 5.08. The van der Waals surface area contributed by atoms with Gasteiger partial charge in [0.05, 0.1) is 11.9 Å². The van der Waals surface area contributed by atoms with Crippen LogP contribution >= 0.6 is 24.8 Å². The third-order valence-electron chi connectivity index (χ3n) is 2.69. The molecule has 0 unspecified atom stereocenters. The highest BCUT2D eigenvalue weighted by atomic mass is 35.5. The van der Waals surface area contributed by atoms with Crippen molar-refractivity contribution in [1.82, 2.24) is 20.6 Å². The van der Waals surface area contributed by atoms with E-state index < -0.39 is 0 Å². The molecular weight excluding hydrogens is 275 g/mol. The summed E-state index contributed by atoms with van der Waals surface area (Å²) in [6, 6.07) is 0.261. The van der Waals surface area contributed by atoms with Crippen molar-refractivity contribution in [3.63, 3.8) is 0 Å². The van der Waals surface area contributed by atoms with E-state index in [-0.39, 0.29) is 36.8 Å². The maximum atomic E-state index is 11.8. The number of amides is 1. The van der Waals surface area contributed by atoms with Crippen molar-refractivity contribution in [3.05, 3.63) is 23.8 Å². The van der Waals surface area contributed by atoms with E-state index in [2.05, 4.69) is 20.6 Å². The second-order valence-electron chi connectivity index (χ2n) is 4.04. The summed E-state index contributed by atoms with van der Waals surface area (Å²) in [4.78, 5) is 19.9. The van der Waals surface area contributed by atoms with Crippen LogP contribution in [0.1, 0.15) is 29.0 Å². The number of nitrogens with zero attached hydrogens (tertiary/aromatic N) is 2. The second-order valence-corrected chi connectivity index (χ2v) is 4.04. The quantitative estimate of drug-likeness (QED) is 0.857. The van der Waals surface area contributed by atoms with E-state index in [0.29, 0.717) is 5.69 Å². The van der Waals surface area contributed by atoms with E-state index in [4.69, 9.17) is 0 Å². The van der Waals surface area contributed by atoms with Gasteiger partial charge in [-0.05, 0) is 32.9 Å². The van der Waals surface area contributed by atoms with Gasteiger partial charge < -0.3 is 10.6 Å². The number of hydrogen-bond donors (Lipinski definition) is 2. The van der Waals surface area contributed by atoms with Crippen molar-refractivity contribution in [2.24, 2.45) is 0 Å². The van der Waals surface area contributed by atoms with Crippen LogP contribution in [-0.4, -0.2) is 35.0 Å². The number of carbonyl (C=O) groups excluding carboxylic acids is 1. The average Bonchev–Trinajstić information content (AvgIpc) is 2.31. The molecule has 5 nitrogen and oxygen atoms in total. The van der Waals surface area contributed by atoms with Crippen LogP contribution in [0, 0.1) is 6.92 Å². The third-order valence-corrected chi connectivity index (χ3v) is 2.69. The van der Waals surface area contributed by atoms with Gasteiger partial charge in [0.1, 0.15) is 5.69 Å². The summed E-state index contributed by atoms with van der Waals surface area (Å²) in [6.45, 7) is 3.77. The molecule has 1 amide bonds. The fourth-order valence-corrected chi connectivity index (χ4v) is 1.74. The van der Waals surface area contributed by atoms with Gasteiger partial charge in [-0.1, -0.05) is 0 Å². The van der Waals surface area contributed by atoms with E-state index in [1.54, 1.807) is 6.20 Å². The number of rotatable bonds is 2. The van der Waals surface area contributed by atoms with Gasteiger partial charge >= 0.3 is 0 Å². The fraction of sp³-hybridized carbons (Fsp3) is 0.545. The maximum absolute atomic E-state index is 11.8. The minimum atomic E-state index is -0.126. The number of hydrogen-bond acceptors (Lipinski definition) is 4. The molecule has 1 saturated heterocycles. The van der Waals surface area contributed by atoms with Gasteiger partial charge in [-0.3, -0.25) is 9.78 Å². The topological polar surface area (TPSA) is 66.9 Å². The molecule has 1 aromatic rings. The van der Waals surface area contributed by atoms with Crippen LogP contribution in [0.15, 0.2) is 12.4 Å². The van der Waals surface area contributed by atoms with E-state index in [1.165, 1.54) is 6.20 Å². The van der Waals surface area contributed by atoms with Crippen LogP contribution in [0.25, 0.3) is 0 Å². The Bertz CT molecular complexity index is 366. The second kappa shape index (κ2) is 8.24. The Balaban J connectivity index is 0.00000144. The normalized spacial score (nSPS) is 15.2. The molecule has 0 aliphatic carbocycles. The van der Waals surface area contributed by atoms with Crippen molar-refractivity contribution in [3.8, 4) is 0 Å². The highest BCUT2D eigenvalue weighted by Gasteiger charge is 2.16. The molecule has 0 atom stereocenters. The Morgan fingerprint density at radius 2 is 1.94 bits per heavy atom. The molecule has 18 heavy (non-hydrogen) atoms. The van der Waals surface area contributed by atoms with Crippen LogP contribution in [0.3, 0.4) is 0 Å². The molecule has 2 heterocycles. The Kier molecular flexibility index (Phi) is 7.82. The molecule has 0 spiro atoms. The number of piperidine rings is 1. The van der Waals surface area contributed by atoms with Gasteiger partial charge in [0.15, 0.2) is 0 Å². The van der Waals surface area contributed by atoms with Crippen molar-refractivity contribution >= 4 is 30.7 Å². The van der Waals surface area contributed by atoms with E-state index in [1.807, 2.05) is 6.92 Å². The Morgan fingerprint density at radius 1 is 1.28 bits per heavy atom. The lowest BCUT2D eigenvalue weighted by Crippen LogP contribution is -2.42. The molecule has 0 aromatic carbocycles. The highest BCUT2D eigenvalue weighted by Crippen LogP contribution is 2.03. The Hall–Kier alpha value is -0.910. The maximum Gasteiger partial charge on any atom is 0.271 e. The zero-order valence-corrected chi connectivity index (χ0v) is 11.8. The predicted octanol–water partition coefficient (Wildman–Crippen LogP) is 1.11. The molecule has 0 radical (unpaired) electrons. The number of aryl methyl sites for hydroxylation is 1. The van der Waals surface area contributed by atoms with Gasteiger partial charge in [-0.15, -0.1) is 24.8 Å². The first-order valence-corrected chi connectivity index (χ1v) is 5.56. The van der Waals surface area contributed by atoms with Gasteiger partial charge in [-0.2, -0.15) is 0 Å². The summed E-state index contributed by atoms with van der Waals surface area (Å²) in [7, 11) is 0. The van der Waals surface area contributed by atoms with E-state index in [0.717, 1.165) is 31.6 Å². The molecule has 1 aromatic heterocycles. The monoisotopic (exact) mass is 292 g/mol. The average molecular weight is 293 g/mol. The summed E-state index contributed by atoms with van der Waals surface area (Å²) in [5.74, 6) is -0.126. The molecule has 2 rings (SSSR count). The summed E-state index contributed by atoms with van der Waals surface area (Å²) in [5.41, 5.74) is 1.21. The molecule has 0 bridgehead atoms. The summed E-state index contributed by atoms with van der Waals surface area (Å²) in [5, 5.41) is 6.23. The number of carbonyl (C=O) groups is 1. The predicted molar refractivity (Wildman–Crippen MR) is 74.6 cm³/mol. The van der Waals surface area contributed by atoms with Crippen LogP contribution in [0.2, 0.25) is 0 Å². The number of nitrogens with one attached hydrogen (secondary N) is 2. The molecular formula is C11H18Cl2N4O. The van der Waals surface area contributed by atoms with Gasteiger partial charge in [-0.25, -0.2) is 4.98 Å². The zero-order valence-electron chi connectivity index (χ0n) is 10.2. The number of halogens is 2. The van der Waals surface area contributed by atoms with Crippen LogP contribution < -0.4 is 10.6 Å². The molecule has 1 aliphatic heterocycles. The SMILES string of the molecule is Cc1cnc(C(=O)NC2CCNCC2)cn1.Cl.Cl. The van der Waals surface area contributed by atoms with Crippen molar-refractivity contribution in [1.29, 1.82) is 0 Å². The lowest BCUT2D eigenvalue weighted by atomic mass is 10.1. The van der Waals surface area contributed by atoms with Gasteiger partial charge in [0.2, 0.25) is 0 Å². The number of aromatic nitrogens is 2.